The van der Waals surface area contributed by atoms with Crippen LogP contribution in [0.2, 0.25) is 0 Å². The maximum Gasteiger partial charge on any atom is 0.301 e. The van der Waals surface area contributed by atoms with E-state index in [9.17, 15) is 14.7 Å². The third-order valence-electron chi connectivity index (χ3n) is 4.03. The van der Waals surface area contributed by atoms with Crippen LogP contribution in [0.1, 0.15) is 16.7 Å². The van der Waals surface area contributed by atoms with Gasteiger partial charge in [-0.15, -0.1) is 0 Å². The third kappa shape index (κ3) is 2.34. The Kier molecular flexibility index (Phi) is 3.85. The third-order valence-corrected chi connectivity index (χ3v) is 4.03. The molecule has 0 saturated carbocycles. The molecule has 1 aliphatic heterocycles. The van der Waals surface area contributed by atoms with Crippen molar-refractivity contribution < 1.29 is 19.4 Å². The molecule has 0 spiro atoms. The molecule has 5 heteroatoms. The van der Waals surface area contributed by atoms with Crippen LogP contribution in [0.15, 0.2) is 48.2 Å². The molecule has 3 rings (SSSR count). The first kappa shape index (κ1) is 15.8. The number of rotatable bonds is 3. The molecule has 122 valence electrons. The zero-order chi connectivity index (χ0) is 17.4. The number of hydrogen-bond donors (Lipinski definition) is 1. The summed E-state index contributed by atoms with van der Waals surface area (Å²) < 4.78 is 5.24. The Morgan fingerprint density at radius 3 is 2.38 bits per heavy atom. The lowest BCUT2D eigenvalue weighted by atomic mass is 10.0. The molecule has 1 aliphatic rings. The van der Waals surface area contributed by atoms with Crippen LogP contribution in [0.4, 0.5) is 5.69 Å². The predicted octanol–water partition coefficient (Wildman–Crippen LogP) is 3.15. The summed E-state index contributed by atoms with van der Waals surface area (Å²) in [6, 6.07) is 12.2. The van der Waals surface area contributed by atoms with Crippen molar-refractivity contribution >= 4 is 23.1 Å². The van der Waals surface area contributed by atoms with Crippen LogP contribution in [0.25, 0.3) is 5.57 Å². The van der Waals surface area contributed by atoms with E-state index in [0.29, 0.717) is 17.0 Å². The Bertz CT molecular complexity index is 883. The second-order valence-corrected chi connectivity index (χ2v) is 5.66. The van der Waals surface area contributed by atoms with Crippen molar-refractivity contribution in [1.82, 2.24) is 0 Å². The topological polar surface area (TPSA) is 66.8 Å². The minimum absolute atomic E-state index is 0.0441. The molecule has 2 amide bonds. The van der Waals surface area contributed by atoms with Crippen LogP contribution in [0, 0.1) is 13.8 Å². The number of benzene rings is 2. The Hall–Kier alpha value is -3.08. The number of aliphatic hydroxyl groups excluding tert-OH is 1. The fourth-order valence-corrected chi connectivity index (χ4v) is 2.89. The van der Waals surface area contributed by atoms with Gasteiger partial charge in [0.15, 0.2) is 5.76 Å². The number of hydrogen-bond acceptors (Lipinski definition) is 4. The van der Waals surface area contributed by atoms with E-state index in [2.05, 4.69) is 0 Å². The number of aliphatic hydroxyl groups is 1. The lowest BCUT2D eigenvalue weighted by Gasteiger charge is -2.17. The number of amides is 2. The number of ether oxygens (including phenoxy) is 1. The van der Waals surface area contributed by atoms with Crippen molar-refractivity contribution in [3.63, 3.8) is 0 Å². The van der Waals surface area contributed by atoms with E-state index in [4.69, 9.17) is 4.74 Å². The molecule has 5 nitrogen and oxygen atoms in total. The van der Waals surface area contributed by atoms with E-state index in [-0.39, 0.29) is 5.57 Å². The van der Waals surface area contributed by atoms with Crippen LogP contribution < -0.4 is 9.64 Å². The molecule has 0 bridgehead atoms. The standard InChI is InChI=1S/C19H17NO4/c1-11-8-9-14(12(2)10-11)20-18(22)16(17(21)19(20)23)13-6-4-5-7-15(13)24-3/h4-10,21H,1-3H3. The summed E-state index contributed by atoms with van der Waals surface area (Å²) in [7, 11) is 1.47. The van der Waals surface area contributed by atoms with Gasteiger partial charge in [0, 0.05) is 5.56 Å². The molecule has 2 aromatic rings. The zero-order valence-corrected chi connectivity index (χ0v) is 13.7. The Morgan fingerprint density at radius 1 is 1.00 bits per heavy atom. The van der Waals surface area contributed by atoms with E-state index in [1.165, 1.54) is 7.11 Å². The van der Waals surface area contributed by atoms with E-state index in [1.807, 2.05) is 26.0 Å². The summed E-state index contributed by atoms with van der Waals surface area (Å²) in [6.45, 7) is 3.75. The average molecular weight is 323 g/mol. The lowest BCUT2D eigenvalue weighted by molar-refractivity contribution is -0.121. The van der Waals surface area contributed by atoms with Crippen molar-refractivity contribution in [2.45, 2.75) is 13.8 Å². The summed E-state index contributed by atoms with van der Waals surface area (Å²) in [5.74, 6) is -1.44. The molecule has 24 heavy (non-hydrogen) atoms. The highest BCUT2D eigenvalue weighted by molar-refractivity contribution is 6.45. The Morgan fingerprint density at radius 2 is 1.71 bits per heavy atom. The van der Waals surface area contributed by atoms with Crippen LogP contribution in [0.5, 0.6) is 5.75 Å². The van der Waals surface area contributed by atoms with Crippen LogP contribution in [-0.2, 0) is 9.59 Å². The molecule has 0 aromatic heterocycles. The molecular weight excluding hydrogens is 306 g/mol. The van der Waals surface area contributed by atoms with Crippen molar-refractivity contribution in [2.75, 3.05) is 12.0 Å². The second-order valence-electron chi connectivity index (χ2n) is 5.66. The quantitative estimate of drug-likeness (QED) is 0.881. The first-order valence-corrected chi connectivity index (χ1v) is 7.48. The number of methoxy groups -OCH3 is 1. The average Bonchev–Trinajstić information content (AvgIpc) is 2.78. The Balaban J connectivity index is 2.11. The van der Waals surface area contributed by atoms with E-state index < -0.39 is 17.6 Å². The van der Waals surface area contributed by atoms with E-state index >= 15 is 0 Å². The predicted molar refractivity (Wildman–Crippen MR) is 91.0 cm³/mol. The monoisotopic (exact) mass is 323 g/mol. The molecule has 0 unspecified atom stereocenters. The van der Waals surface area contributed by atoms with Crippen LogP contribution >= 0.6 is 0 Å². The van der Waals surface area contributed by atoms with Gasteiger partial charge in [-0.25, -0.2) is 4.90 Å². The number of aryl methyl sites for hydroxylation is 2. The highest BCUT2D eigenvalue weighted by Gasteiger charge is 2.41. The first-order chi connectivity index (χ1) is 11.5. The maximum atomic E-state index is 12.9. The molecule has 1 N–H and O–H groups in total. The van der Waals surface area contributed by atoms with Gasteiger partial charge in [0.05, 0.1) is 18.4 Å². The SMILES string of the molecule is COc1ccccc1C1=C(O)C(=O)N(c2ccc(C)cc2C)C1=O. The Labute approximate surface area is 139 Å². The minimum Gasteiger partial charge on any atom is -0.502 e. The molecule has 0 radical (unpaired) electrons. The number of anilines is 1. The zero-order valence-electron chi connectivity index (χ0n) is 13.7. The largest absolute Gasteiger partial charge is 0.502 e. The summed E-state index contributed by atoms with van der Waals surface area (Å²) in [5, 5.41) is 10.3. The molecule has 0 fully saturated rings. The molecule has 2 aromatic carbocycles. The normalized spacial score (nSPS) is 14.5. The van der Waals surface area contributed by atoms with E-state index in [1.54, 1.807) is 30.3 Å². The number of carbonyl (C=O) groups excluding carboxylic acids is 2. The summed E-state index contributed by atoms with van der Waals surface area (Å²) in [6.07, 6.45) is 0. The van der Waals surface area contributed by atoms with Crippen molar-refractivity contribution in [3.05, 3.63) is 64.9 Å². The second kappa shape index (κ2) is 5.85. The smallest absolute Gasteiger partial charge is 0.301 e. The van der Waals surface area contributed by atoms with Crippen molar-refractivity contribution in [1.29, 1.82) is 0 Å². The fraction of sp³-hybridized carbons (Fsp3) is 0.158. The van der Waals surface area contributed by atoms with Crippen LogP contribution in [-0.4, -0.2) is 24.0 Å². The van der Waals surface area contributed by atoms with Crippen molar-refractivity contribution in [3.8, 4) is 5.75 Å². The summed E-state index contributed by atoms with van der Waals surface area (Å²) in [4.78, 5) is 26.4. The number of nitrogens with zero attached hydrogens (tertiary/aromatic N) is 1. The number of para-hydroxylation sites is 1. The van der Waals surface area contributed by atoms with E-state index in [0.717, 1.165) is 16.0 Å². The van der Waals surface area contributed by atoms with Gasteiger partial charge in [-0.2, -0.15) is 0 Å². The maximum absolute atomic E-state index is 12.9. The van der Waals surface area contributed by atoms with Gasteiger partial charge in [0.1, 0.15) is 5.75 Å². The summed E-state index contributed by atoms with van der Waals surface area (Å²) >= 11 is 0. The van der Waals surface area contributed by atoms with Crippen molar-refractivity contribution in [2.24, 2.45) is 0 Å². The molecule has 0 aliphatic carbocycles. The van der Waals surface area contributed by atoms with Gasteiger partial charge in [0.25, 0.3) is 5.91 Å². The first-order valence-electron chi connectivity index (χ1n) is 7.48. The number of imide groups is 1. The molecule has 0 saturated heterocycles. The van der Waals surface area contributed by atoms with Gasteiger partial charge in [-0.05, 0) is 31.5 Å². The lowest BCUT2D eigenvalue weighted by Crippen LogP contribution is -2.32. The number of carbonyl (C=O) groups is 2. The molecular formula is C19H17NO4. The van der Waals surface area contributed by atoms with Gasteiger partial charge < -0.3 is 9.84 Å². The highest BCUT2D eigenvalue weighted by atomic mass is 16.5. The van der Waals surface area contributed by atoms with Gasteiger partial charge >= 0.3 is 5.91 Å². The van der Waals surface area contributed by atoms with Gasteiger partial charge in [0.2, 0.25) is 0 Å². The van der Waals surface area contributed by atoms with Crippen LogP contribution in [0.3, 0.4) is 0 Å². The highest BCUT2D eigenvalue weighted by Crippen LogP contribution is 2.36. The van der Waals surface area contributed by atoms with Gasteiger partial charge in [-0.1, -0.05) is 35.9 Å². The molecule has 1 heterocycles. The fourth-order valence-electron chi connectivity index (χ4n) is 2.89. The van der Waals surface area contributed by atoms with Gasteiger partial charge in [-0.3, -0.25) is 9.59 Å². The summed E-state index contributed by atoms with van der Waals surface area (Å²) in [5.41, 5.74) is 2.62. The minimum atomic E-state index is -0.729. The molecule has 0 atom stereocenters.